The molecule has 1 aliphatic heterocycles. The fraction of sp³-hybridized carbons (Fsp3) is 0.321. The van der Waals surface area contributed by atoms with Crippen molar-refractivity contribution in [3.05, 3.63) is 71.5 Å². The number of imidazole rings is 1. The molecule has 0 aliphatic carbocycles. The number of amides is 1. The summed E-state index contributed by atoms with van der Waals surface area (Å²) in [5.41, 5.74) is 2.96. The van der Waals surface area contributed by atoms with Crippen molar-refractivity contribution in [1.29, 1.82) is 0 Å². The fourth-order valence-corrected chi connectivity index (χ4v) is 4.64. The van der Waals surface area contributed by atoms with E-state index in [2.05, 4.69) is 15.2 Å². The van der Waals surface area contributed by atoms with Crippen LogP contribution >= 0.6 is 11.6 Å². The lowest BCUT2D eigenvalue weighted by Crippen LogP contribution is -2.53. The topological polar surface area (TPSA) is 84.8 Å². The molecule has 198 valence electrons. The number of carbonyl (C=O) groups is 1. The number of fused-ring (bicyclic) bond motifs is 1. The lowest BCUT2D eigenvalue weighted by Gasteiger charge is -2.38. The van der Waals surface area contributed by atoms with Crippen molar-refractivity contribution in [1.82, 2.24) is 24.3 Å². The maximum absolute atomic E-state index is 13.3. The number of anilines is 2. The number of carbonyl (C=O) groups excluding carboxylic acids is 1. The average Bonchev–Trinajstić information content (AvgIpc) is 3.20. The van der Waals surface area contributed by atoms with Gasteiger partial charge in [0, 0.05) is 49.2 Å². The van der Waals surface area contributed by atoms with Crippen LogP contribution in [-0.2, 0) is 11.8 Å². The molecule has 0 radical (unpaired) electrons. The molecule has 0 saturated carbocycles. The molecule has 5 rings (SSSR count). The number of benzene rings is 2. The van der Waals surface area contributed by atoms with Gasteiger partial charge in [0.1, 0.15) is 17.2 Å². The quantitative estimate of drug-likeness (QED) is 0.359. The number of hydrogen-bond acceptors (Lipinski definition) is 7. The summed E-state index contributed by atoms with van der Waals surface area (Å²) in [5, 5.41) is 3.99. The molecule has 2 atom stereocenters. The Kier molecular flexibility index (Phi) is 7.51. The molecule has 38 heavy (non-hydrogen) atoms. The first-order valence-corrected chi connectivity index (χ1v) is 12.8. The highest BCUT2D eigenvalue weighted by molar-refractivity contribution is 6.30. The second-order valence-electron chi connectivity index (χ2n) is 9.78. The normalized spacial score (nSPS) is 17.7. The van der Waals surface area contributed by atoms with E-state index in [1.54, 1.807) is 18.3 Å². The van der Waals surface area contributed by atoms with Gasteiger partial charge in [-0.2, -0.15) is 0 Å². The van der Waals surface area contributed by atoms with Gasteiger partial charge in [-0.1, -0.05) is 11.6 Å². The molecule has 2 aromatic carbocycles. The number of ether oxygens (including phenoxy) is 2. The Morgan fingerprint density at radius 1 is 1.16 bits per heavy atom. The van der Waals surface area contributed by atoms with Crippen molar-refractivity contribution in [2.24, 2.45) is 7.05 Å². The van der Waals surface area contributed by atoms with Crippen LogP contribution in [0.4, 0.5) is 11.6 Å². The Morgan fingerprint density at radius 2 is 1.92 bits per heavy atom. The third kappa shape index (κ3) is 5.75. The van der Waals surface area contributed by atoms with Crippen LogP contribution in [0.15, 0.2) is 60.8 Å². The molecular weight excluding hydrogens is 504 g/mol. The number of morpholine rings is 1. The summed E-state index contributed by atoms with van der Waals surface area (Å²) >= 11 is 5.99. The Hall–Kier alpha value is -3.66. The number of nitrogens with zero attached hydrogens (tertiary/aromatic N) is 5. The molecule has 0 spiro atoms. The summed E-state index contributed by atoms with van der Waals surface area (Å²) in [6.45, 7) is 3.76. The van der Waals surface area contributed by atoms with E-state index >= 15 is 0 Å². The van der Waals surface area contributed by atoms with Gasteiger partial charge in [-0.15, -0.1) is 0 Å². The van der Waals surface area contributed by atoms with Gasteiger partial charge in [0.25, 0.3) is 5.91 Å². The molecule has 1 fully saturated rings. The Bertz CT molecular complexity index is 1440. The van der Waals surface area contributed by atoms with Gasteiger partial charge in [0.15, 0.2) is 0 Å². The smallest absolute Gasteiger partial charge is 0.272 e. The van der Waals surface area contributed by atoms with Gasteiger partial charge in [-0.3, -0.25) is 9.78 Å². The molecule has 0 bridgehead atoms. The van der Waals surface area contributed by atoms with Crippen LogP contribution in [0.5, 0.6) is 11.5 Å². The number of hydrogen-bond donors (Lipinski definition) is 1. The van der Waals surface area contributed by atoms with Crippen molar-refractivity contribution in [2.75, 3.05) is 39.1 Å². The summed E-state index contributed by atoms with van der Waals surface area (Å²) in [4.78, 5) is 26.3. The molecule has 9 nitrogen and oxygen atoms in total. The minimum atomic E-state index is -0.131. The summed E-state index contributed by atoms with van der Waals surface area (Å²) in [6, 6.07) is 16.6. The first-order chi connectivity index (χ1) is 18.3. The van der Waals surface area contributed by atoms with E-state index in [9.17, 15) is 4.79 Å². The Balaban J connectivity index is 1.32. The number of rotatable bonds is 7. The zero-order valence-electron chi connectivity index (χ0n) is 21.9. The number of likely N-dealkylation sites (N-methyl/N-ethyl adjacent to an activating group) is 1. The highest BCUT2D eigenvalue weighted by Gasteiger charge is 2.31. The molecule has 0 unspecified atom stereocenters. The highest BCUT2D eigenvalue weighted by atomic mass is 35.5. The monoisotopic (exact) mass is 534 g/mol. The van der Waals surface area contributed by atoms with Crippen LogP contribution in [0.25, 0.3) is 11.0 Å². The molecule has 1 aliphatic rings. The van der Waals surface area contributed by atoms with E-state index in [0.717, 1.165) is 23.3 Å². The van der Waals surface area contributed by atoms with Crippen LogP contribution in [0.1, 0.15) is 17.4 Å². The lowest BCUT2D eigenvalue weighted by atomic mass is 10.1. The van der Waals surface area contributed by atoms with Crippen molar-refractivity contribution in [2.45, 2.75) is 19.1 Å². The average molecular weight is 535 g/mol. The van der Waals surface area contributed by atoms with Crippen molar-refractivity contribution in [3.63, 3.8) is 0 Å². The molecular formula is C28H31ClN6O3. The van der Waals surface area contributed by atoms with Crippen LogP contribution in [0.3, 0.4) is 0 Å². The molecule has 1 amide bonds. The van der Waals surface area contributed by atoms with Gasteiger partial charge >= 0.3 is 0 Å². The molecule has 2 aromatic heterocycles. The van der Waals surface area contributed by atoms with Crippen LogP contribution in [0, 0.1) is 0 Å². The summed E-state index contributed by atoms with van der Waals surface area (Å²) < 4.78 is 14.0. The van der Waals surface area contributed by atoms with Gasteiger partial charge in [-0.25, -0.2) is 4.98 Å². The zero-order chi connectivity index (χ0) is 26.8. The maximum Gasteiger partial charge on any atom is 0.272 e. The van der Waals surface area contributed by atoms with E-state index < -0.39 is 0 Å². The summed E-state index contributed by atoms with van der Waals surface area (Å²) in [5.74, 6) is 1.71. The number of nitrogens with one attached hydrogen (secondary N) is 1. The Morgan fingerprint density at radius 3 is 2.68 bits per heavy atom. The third-order valence-electron chi connectivity index (χ3n) is 6.47. The molecule has 1 N–H and O–H groups in total. The third-order valence-corrected chi connectivity index (χ3v) is 6.73. The minimum absolute atomic E-state index is 0.0328. The van der Waals surface area contributed by atoms with Crippen LogP contribution in [0.2, 0.25) is 5.02 Å². The van der Waals surface area contributed by atoms with Crippen LogP contribution < -0.4 is 10.1 Å². The van der Waals surface area contributed by atoms with Crippen molar-refractivity contribution in [3.8, 4) is 11.5 Å². The summed E-state index contributed by atoms with van der Waals surface area (Å²) in [6.07, 6.45) is 1.56. The van der Waals surface area contributed by atoms with E-state index in [0.29, 0.717) is 41.3 Å². The second-order valence-corrected chi connectivity index (χ2v) is 10.2. The number of aromatic nitrogens is 3. The first-order valence-electron chi connectivity index (χ1n) is 12.5. The minimum Gasteiger partial charge on any atom is -0.457 e. The van der Waals surface area contributed by atoms with E-state index in [-0.39, 0.29) is 18.1 Å². The molecule has 3 heterocycles. The predicted octanol–water partition coefficient (Wildman–Crippen LogP) is 4.95. The summed E-state index contributed by atoms with van der Waals surface area (Å²) in [7, 11) is 5.94. The predicted molar refractivity (Wildman–Crippen MR) is 149 cm³/mol. The number of aryl methyl sites for hydroxylation is 1. The van der Waals surface area contributed by atoms with E-state index in [1.165, 1.54) is 0 Å². The molecule has 1 saturated heterocycles. The number of pyridine rings is 1. The van der Waals surface area contributed by atoms with E-state index in [1.807, 2.05) is 80.0 Å². The zero-order valence-corrected chi connectivity index (χ0v) is 22.6. The molecule has 10 heteroatoms. The Labute approximate surface area is 226 Å². The number of halogens is 1. The standard InChI is InChI=1S/C28H31ClN6O3/c1-18-17-37-23(15-33(2)3)16-35(18)27(36)25-14-22(11-12-30-25)38-21-9-10-26-24(13-21)32-28(34(26)4)31-20-7-5-19(29)6-8-20/h5-14,18,23H,15-17H2,1-4H3,(H,31,32)/t18-,23-/m0/s1. The maximum atomic E-state index is 13.3. The van der Waals surface area contributed by atoms with Gasteiger partial charge in [-0.05, 0) is 63.5 Å². The van der Waals surface area contributed by atoms with Gasteiger partial charge in [0.2, 0.25) is 5.95 Å². The molecule has 4 aromatic rings. The SMILES string of the molecule is C[C@H]1CO[C@@H](CN(C)C)CN1C(=O)c1cc(Oc2ccc3c(c2)nc(Nc2ccc(Cl)cc2)n3C)ccn1. The van der Waals surface area contributed by atoms with Crippen molar-refractivity contribution >= 4 is 40.2 Å². The first kappa shape index (κ1) is 26.0. The lowest BCUT2D eigenvalue weighted by molar-refractivity contribution is -0.0548. The largest absolute Gasteiger partial charge is 0.457 e. The second kappa shape index (κ2) is 11.0. The van der Waals surface area contributed by atoms with E-state index in [4.69, 9.17) is 26.1 Å². The van der Waals surface area contributed by atoms with Gasteiger partial charge in [0.05, 0.1) is 29.8 Å². The van der Waals surface area contributed by atoms with Crippen molar-refractivity contribution < 1.29 is 14.3 Å². The fourth-order valence-electron chi connectivity index (χ4n) is 4.51. The van der Waals surface area contributed by atoms with Crippen LogP contribution in [-0.4, -0.2) is 76.2 Å². The van der Waals surface area contributed by atoms with Gasteiger partial charge < -0.3 is 29.2 Å². The highest BCUT2D eigenvalue weighted by Crippen LogP contribution is 2.29.